The molecule has 1 fully saturated rings. The molecule has 1 saturated heterocycles. The molecule has 1 N–H and O–H groups in total. The van der Waals surface area contributed by atoms with Crippen molar-refractivity contribution >= 4 is 23.4 Å². The van der Waals surface area contributed by atoms with Crippen molar-refractivity contribution in [3.8, 4) is 0 Å². The molecule has 0 aromatic carbocycles. The van der Waals surface area contributed by atoms with E-state index in [0.29, 0.717) is 37.4 Å². The lowest BCUT2D eigenvalue weighted by Crippen LogP contribution is -2.40. The Morgan fingerprint density at radius 1 is 1.41 bits per heavy atom. The normalized spacial score (nSPS) is 18.2. The van der Waals surface area contributed by atoms with E-state index in [1.807, 2.05) is 11.6 Å². The Morgan fingerprint density at radius 3 is 2.97 bits per heavy atom. The summed E-state index contributed by atoms with van der Waals surface area (Å²) in [6.07, 6.45) is 5.62. The van der Waals surface area contributed by atoms with Crippen LogP contribution in [0.25, 0.3) is 0 Å². The Kier molecular flexibility index (Phi) is 5.96. The fourth-order valence-corrected chi connectivity index (χ4v) is 4.62. The first kappa shape index (κ1) is 20.0. The zero-order valence-electron chi connectivity index (χ0n) is 16.6. The summed E-state index contributed by atoms with van der Waals surface area (Å²) in [5.74, 6) is -0.371. The lowest BCUT2D eigenvalue weighted by Gasteiger charge is -2.36. The molecule has 1 amide bonds. The second kappa shape index (κ2) is 8.62. The molecular weight excluding hydrogens is 392 g/mol. The van der Waals surface area contributed by atoms with Gasteiger partial charge in [0.15, 0.2) is 0 Å². The van der Waals surface area contributed by atoms with Crippen LogP contribution in [0.15, 0.2) is 12.3 Å². The van der Waals surface area contributed by atoms with Crippen molar-refractivity contribution in [3.05, 3.63) is 34.1 Å². The predicted octanol–water partition coefficient (Wildman–Crippen LogP) is 2.23. The first-order valence-electron chi connectivity index (χ1n) is 10.1. The molecule has 0 saturated carbocycles. The second-order valence-corrected chi connectivity index (χ2v) is 8.52. The Balaban J connectivity index is 1.47. The third kappa shape index (κ3) is 4.20. The molecule has 0 unspecified atom stereocenters. The van der Waals surface area contributed by atoms with Gasteiger partial charge in [-0.15, -0.1) is 0 Å². The number of nitrogens with one attached hydrogen (secondary N) is 1. The van der Waals surface area contributed by atoms with Crippen molar-refractivity contribution in [2.75, 3.05) is 26.4 Å². The summed E-state index contributed by atoms with van der Waals surface area (Å²) in [5, 5.41) is 7.85. The van der Waals surface area contributed by atoms with Crippen molar-refractivity contribution in [1.82, 2.24) is 19.5 Å². The fourth-order valence-electron chi connectivity index (χ4n) is 4.13. The number of hydrogen-bond acceptors (Lipinski definition) is 7. The van der Waals surface area contributed by atoms with Gasteiger partial charge in [0.25, 0.3) is 5.91 Å². The maximum Gasteiger partial charge on any atom is 0.349 e. The highest BCUT2D eigenvalue weighted by Crippen LogP contribution is 2.37. The highest BCUT2D eigenvalue weighted by Gasteiger charge is 2.39. The minimum absolute atomic E-state index is 0.0249. The van der Waals surface area contributed by atoms with E-state index in [1.165, 1.54) is 0 Å². The summed E-state index contributed by atoms with van der Waals surface area (Å²) in [4.78, 5) is 25.3. The molecule has 9 heteroatoms. The number of fused-ring (bicyclic) bond motifs is 1. The van der Waals surface area contributed by atoms with Gasteiger partial charge in [0.1, 0.15) is 4.88 Å². The molecule has 4 heterocycles. The molecule has 0 radical (unpaired) electrons. The van der Waals surface area contributed by atoms with Gasteiger partial charge in [0.2, 0.25) is 0 Å². The Morgan fingerprint density at radius 2 is 2.24 bits per heavy atom. The monoisotopic (exact) mass is 418 g/mol. The lowest BCUT2D eigenvalue weighted by molar-refractivity contribution is 0.0152. The van der Waals surface area contributed by atoms with Crippen molar-refractivity contribution in [2.24, 2.45) is 5.41 Å². The molecule has 8 nitrogen and oxygen atoms in total. The summed E-state index contributed by atoms with van der Waals surface area (Å²) in [7, 11) is 0. The first-order valence-corrected chi connectivity index (χ1v) is 10.9. The number of carbonyl (C=O) groups is 2. The largest absolute Gasteiger partial charge is 0.461 e. The smallest absolute Gasteiger partial charge is 0.349 e. The van der Waals surface area contributed by atoms with Crippen molar-refractivity contribution in [2.45, 2.75) is 45.6 Å². The van der Waals surface area contributed by atoms with E-state index in [9.17, 15) is 9.59 Å². The highest BCUT2D eigenvalue weighted by atomic mass is 32.1. The van der Waals surface area contributed by atoms with E-state index in [-0.39, 0.29) is 17.3 Å². The number of carbonyl (C=O) groups excluding carboxylic acids is 2. The van der Waals surface area contributed by atoms with Gasteiger partial charge >= 0.3 is 5.97 Å². The van der Waals surface area contributed by atoms with E-state index < -0.39 is 0 Å². The minimum atomic E-state index is -0.346. The van der Waals surface area contributed by atoms with E-state index >= 15 is 0 Å². The average molecular weight is 419 g/mol. The van der Waals surface area contributed by atoms with Gasteiger partial charge in [-0.25, -0.2) is 9.17 Å². The molecule has 156 valence electrons. The van der Waals surface area contributed by atoms with Gasteiger partial charge < -0.3 is 14.8 Å². The molecule has 0 atom stereocenters. The van der Waals surface area contributed by atoms with Crippen LogP contribution in [-0.4, -0.2) is 52.4 Å². The van der Waals surface area contributed by atoms with Gasteiger partial charge in [-0.3, -0.25) is 9.48 Å². The number of rotatable bonds is 6. The molecular formula is C20H26N4O4S. The molecule has 0 aliphatic carbocycles. The van der Waals surface area contributed by atoms with E-state index in [1.54, 1.807) is 12.3 Å². The zero-order chi connectivity index (χ0) is 20.3. The van der Waals surface area contributed by atoms with E-state index in [2.05, 4.69) is 9.69 Å². The summed E-state index contributed by atoms with van der Waals surface area (Å²) >= 11 is 1.13. The van der Waals surface area contributed by atoms with Crippen LogP contribution in [0.3, 0.4) is 0 Å². The maximum atomic E-state index is 12.8. The molecule has 29 heavy (non-hydrogen) atoms. The minimum Gasteiger partial charge on any atom is -0.461 e. The third-order valence-corrected chi connectivity index (χ3v) is 6.52. The van der Waals surface area contributed by atoms with Gasteiger partial charge in [-0.2, -0.15) is 5.10 Å². The van der Waals surface area contributed by atoms with Crippen LogP contribution in [0.2, 0.25) is 0 Å². The van der Waals surface area contributed by atoms with Crippen molar-refractivity contribution in [3.63, 3.8) is 0 Å². The fraction of sp³-hybridized carbons (Fsp3) is 0.600. The molecule has 2 aliphatic rings. The van der Waals surface area contributed by atoms with Crippen LogP contribution in [0, 0.1) is 5.41 Å². The van der Waals surface area contributed by atoms with Gasteiger partial charge in [-0.05, 0) is 48.7 Å². The van der Waals surface area contributed by atoms with Gasteiger partial charge in [0.05, 0.1) is 23.6 Å². The van der Waals surface area contributed by atoms with Crippen LogP contribution < -0.4 is 5.32 Å². The molecule has 0 bridgehead atoms. The van der Waals surface area contributed by atoms with Crippen molar-refractivity contribution < 1.29 is 19.1 Å². The van der Waals surface area contributed by atoms with Crippen LogP contribution in [0.4, 0.5) is 0 Å². The SMILES string of the molecule is CCc1nn(CCCOC(=O)c2ccns2)c2c1C(=O)NCC1(CCOCC1)C2. The number of aryl methyl sites for hydroxylation is 2. The Bertz CT molecular complexity index is 871. The summed E-state index contributed by atoms with van der Waals surface area (Å²) in [5.41, 5.74) is 2.61. The van der Waals surface area contributed by atoms with Gasteiger partial charge in [0, 0.05) is 38.9 Å². The van der Waals surface area contributed by atoms with E-state index in [0.717, 1.165) is 61.0 Å². The molecule has 1 spiro atoms. The number of amides is 1. The first-order chi connectivity index (χ1) is 14.1. The van der Waals surface area contributed by atoms with Crippen molar-refractivity contribution in [1.29, 1.82) is 0 Å². The second-order valence-electron chi connectivity index (χ2n) is 7.68. The number of nitrogens with zero attached hydrogens (tertiary/aromatic N) is 3. The third-order valence-electron chi connectivity index (χ3n) is 5.80. The quantitative estimate of drug-likeness (QED) is 0.571. The van der Waals surface area contributed by atoms with E-state index in [4.69, 9.17) is 14.6 Å². The molecule has 4 rings (SSSR count). The Hall–Kier alpha value is -2.26. The summed E-state index contributed by atoms with van der Waals surface area (Å²) < 4.78 is 16.8. The van der Waals surface area contributed by atoms with Crippen LogP contribution >= 0.6 is 11.5 Å². The summed E-state index contributed by atoms with van der Waals surface area (Å²) in [6, 6.07) is 1.65. The zero-order valence-corrected chi connectivity index (χ0v) is 17.4. The predicted molar refractivity (Wildman–Crippen MR) is 107 cm³/mol. The number of esters is 1. The number of hydrogen-bond donors (Lipinski definition) is 1. The van der Waals surface area contributed by atoms with Gasteiger partial charge in [-0.1, -0.05) is 6.92 Å². The Labute approximate surface area is 173 Å². The topological polar surface area (TPSA) is 95.3 Å². The van der Waals surface area contributed by atoms with Crippen LogP contribution in [0.5, 0.6) is 0 Å². The highest BCUT2D eigenvalue weighted by molar-refractivity contribution is 7.07. The average Bonchev–Trinajstić information content (AvgIpc) is 3.36. The van der Waals surface area contributed by atoms with Crippen LogP contribution in [0.1, 0.15) is 57.6 Å². The standard InChI is InChI=1S/C20H26N4O4S/c1-2-14-17-15(12-20(13-21-18(17)25)5-10-27-11-6-20)24(23-14)8-3-9-28-19(26)16-4-7-22-29-16/h4,7H,2-3,5-6,8-13H2,1H3,(H,21,25). The maximum absolute atomic E-state index is 12.8. The lowest BCUT2D eigenvalue weighted by atomic mass is 9.76. The number of aromatic nitrogens is 3. The molecule has 2 aromatic rings. The van der Waals surface area contributed by atoms with Crippen LogP contribution in [-0.2, 0) is 28.9 Å². The molecule has 2 aliphatic heterocycles. The summed E-state index contributed by atoms with van der Waals surface area (Å²) in [6.45, 7) is 5.07. The number of ether oxygens (including phenoxy) is 2. The molecule has 2 aromatic heterocycles.